The molecule has 0 unspecified atom stereocenters. The van der Waals surface area contributed by atoms with Gasteiger partial charge in [0.15, 0.2) is 0 Å². The molecule has 2 nitrogen and oxygen atoms in total. The number of hydrogen-bond acceptors (Lipinski definition) is 2. The average Bonchev–Trinajstić information content (AvgIpc) is 2.62. The monoisotopic (exact) mass is 368 g/mol. The summed E-state index contributed by atoms with van der Waals surface area (Å²) >= 11 is 5.70. The SMILES string of the molecule is FC(F)(F)c1cc(CCl)ccc1N1CCN(Cc2ccccc2)CC1. The van der Waals surface area contributed by atoms with Gasteiger partial charge in [0.05, 0.1) is 5.56 Å². The lowest BCUT2D eigenvalue weighted by atomic mass is 10.1. The first-order chi connectivity index (χ1) is 12.0. The molecule has 0 aliphatic carbocycles. The molecule has 1 aliphatic rings. The fourth-order valence-corrected chi connectivity index (χ4v) is 3.32. The van der Waals surface area contributed by atoms with Crippen molar-refractivity contribution in [2.75, 3.05) is 31.1 Å². The lowest BCUT2D eigenvalue weighted by Gasteiger charge is -2.37. The first kappa shape index (κ1) is 18.1. The van der Waals surface area contributed by atoms with Crippen LogP contribution in [-0.2, 0) is 18.6 Å². The lowest BCUT2D eigenvalue weighted by molar-refractivity contribution is -0.137. The highest BCUT2D eigenvalue weighted by molar-refractivity contribution is 6.17. The molecule has 1 heterocycles. The van der Waals surface area contributed by atoms with Gasteiger partial charge in [0.2, 0.25) is 0 Å². The van der Waals surface area contributed by atoms with Crippen molar-refractivity contribution in [3.8, 4) is 0 Å². The van der Waals surface area contributed by atoms with Crippen LogP contribution < -0.4 is 4.90 Å². The zero-order chi connectivity index (χ0) is 17.9. The van der Waals surface area contributed by atoms with E-state index in [-0.39, 0.29) is 11.6 Å². The van der Waals surface area contributed by atoms with E-state index in [0.29, 0.717) is 18.7 Å². The molecule has 0 spiro atoms. The van der Waals surface area contributed by atoms with Gasteiger partial charge >= 0.3 is 6.18 Å². The lowest BCUT2D eigenvalue weighted by Crippen LogP contribution is -2.46. The molecule has 1 saturated heterocycles. The molecule has 2 aromatic rings. The minimum atomic E-state index is -4.38. The van der Waals surface area contributed by atoms with Crippen molar-refractivity contribution < 1.29 is 13.2 Å². The van der Waals surface area contributed by atoms with Gasteiger partial charge in [-0.1, -0.05) is 36.4 Å². The summed E-state index contributed by atoms with van der Waals surface area (Å²) in [5.74, 6) is 0.0776. The van der Waals surface area contributed by atoms with Crippen LogP contribution in [-0.4, -0.2) is 31.1 Å². The molecular formula is C19H20ClF3N2. The summed E-state index contributed by atoms with van der Waals surface area (Å²) in [7, 11) is 0. The summed E-state index contributed by atoms with van der Waals surface area (Å²) in [6.07, 6.45) is -4.38. The summed E-state index contributed by atoms with van der Waals surface area (Å²) in [5, 5.41) is 0. The van der Waals surface area contributed by atoms with Gasteiger partial charge in [-0.25, -0.2) is 0 Å². The van der Waals surface area contributed by atoms with Crippen molar-refractivity contribution >= 4 is 17.3 Å². The molecular weight excluding hydrogens is 349 g/mol. The van der Waals surface area contributed by atoms with Crippen molar-refractivity contribution in [3.63, 3.8) is 0 Å². The second-order valence-corrected chi connectivity index (χ2v) is 6.50. The molecule has 1 fully saturated rings. The minimum Gasteiger partial charge on any atom is -0.368 e. The second-order valence-electron chi connectivity index (χ2n) is 6.23. The molecule has 6 heteroatoms. The van der Waals surface area contributed by atoms with Crippen LogP contribution >= 0.6 is 11.6 Å². The van der Waals surface area contributed by atoms with E-state index in [0.717, 1.165) is 19.6 Å². The van der Waals surface area contributed by atoms with Gasteiger partial charge < -0.3 is 4.90 Å². The molecule has 134 valence electrons. The predicted octanol–water partition coefficient (Wildman–Crippen LogP) is 4.77. The number of alkyl halides is 4. The topological polar surface area (TPSA) is 6.48 Å². The standard InChI is InChI=1S/C19H20ClF3N2/c20-13-16-6-7-18(17(12-16)19(21,22)23)25-10-8-24(9-11-25)14-15-4-2-1-3-5-15/h1-7,12H,8-11,13-14H2. The second kappa shape index (κ2) is 7.67. The van der Waals surface area contributed by atoms with Crippen LogP contribution in [0.3, 0.4) is 0 Å². The third-order valence-electron chi connectivity index (χ3n) is 4.48. The number of nitrogens with zero attached hydrogens (tertiary/aromatic N) is 2. The Labute approximate surface area is 150 Å². The Balaban J connectivity index is 1.70. The zero-order valence-corrected chi connectivity index (χ0v) is 14.5. The molecule has 0 saturated carbocycles. The fraction of sp³-hybridized carbons (Fsp3) is 0.368. The molecule has 0 radical (unpaired) electrons. The molecule has 0 amide bonds. The van der Waals surface area contributed by atoms with Crippen molar-refractivity contribution in [1.29, 1.82) is 0 Å². The van der Waals surface area contributed by atoms with E-state index >= 15 is 0 Å². The van der Waals surface area contributed by atoms with E-state index in [9.17, 15) is 13.2 Å². The van der Waals surface area contributed by atoms with Gasteiger partial charge in [0, 0.05) is 44.3 Å². The molecule has 0 N–H and O–H groups in total. The Hall–Kier alpha value is -1.72. The van der Waals surface area contributed by atoms with Gasteiger partial charge in [-0.05, 0) is 23.3 Å². The van der Waals surface area contributed by atoms with Crippen LogP contribution in [0.2, 0.25) is 0 Å². The highest BCUT2D eigenvalue weighted by Crippen LogP contribution is 2.38. The third-order valence-corrected chi connectivity index (χ3v) is 4.79. The summed E-state index contributed by atoms with van der Waals surface area (Å²) in [6, 6.07) is 14.5. The molecule has 1 aliphatic heterocycles. The van der Waals surface area contributed by atoms with E-state index < -0.39 is 11.7 Å². The quantitative estimate of drug-likeness (QED) is 0.717. The predicted molar refractivity (Wildman–Crippen MR) is 94.9 cm³/mol. The Kier molecular flexibility index (Phi) is 5.54. The maximum absolute atomic E-state index is 13.4. The Morgan fingerprint density at radius 1 is 0.880 bits per heavy atom. The van der Waals surface area contributed by atoms with Crippen LogP contribution in [0.1, 0.15) is 16.7 Å². The smallest absolute Gasteiger partial charge is 0.368 e. The molecule has 0 atom stereocenters. The molecule has 0 aromatic heterocycles. The van der Waals surface area contributed by atoms with E-state index in [1.54, 1.807) is 12.1 Å². The van der Waals surface area contributed by atoms with Crippen molar-refractivity contribution in [2.45, 2.75) is 18.6 Å². The van der Waals surface area contributed by atoms with Crippen molar-refractivity contribution in [3.05, 3.63) is 65.2 Å². The molecule has 0 bridgehead atoms. The summed E-state index contributed by atoms with van der Waals surface area (Å²) in [4.78, 5) is 4.09. The van der Waals surface area contributed by atoms with Gasteiger partial charge in [0.25, 0.3) is 0 Å². The molecule has 25 heavy (non-hydrogen) atoms. The van der Waals surface area contributed by atoms with Gasteiger partial charge in [-0.2, -0.15) is 13.2 Å². The number of anilines is 1. The van der Waals surface area contributed by atoms with Crippen molar-refractivity contribution in [1.82, 2.24) is 4.90 Å². The van der Waals surface area contributed by atoms with E-state index in [4.69, 9.17) is 11.6 Å². The largest absolute Gasteiger partial charge is 0.418 e. The third kappa shape index (κ3) is 4.47. The van der Waals surface area contributed by atoms with Crippen LogP contribution in [0.25, 0.3) is 0 Å². The Morgan fingerprint density at radius 3 is 2.16 bits per heavy atom. The van der Waals surface area contributed by atoms with Crippen LogP contribution in [0, 0.1) is 0 Å². The summed E-state index contributed by atoms with van der Waals surface area (Å²) in [6.45, 7) is 3.46. The fourth-order valence-electron chi connectivity index (χ4n) is 3.16. The zero-order valence-electron chi connectivity index (χ0n) is 13.8. The Morgan fingerprint density at radius 2 is 1.56 bits per heavy atom. The first-order valence-corrected chi connectivity index (χ1v) is 8.78. The number of halogens is 4. The Bertz CT molecular complexity index is 696. The van der Waals surface area contributed by atoms with Crippen LogP contribution in [0.4, 0.5) is 18.9 Å². The van der Waals surface area contributed by atoms with Crippen LogP contribution in [0.15, 0.2) is 48.5 Å². The van der Waals surface area contributed by atoms with Crippen molar-refractivity contribution in [2.24, 2.45) is 0 Å². The molecule has 2 aromatic carbocycles. The number of piperazine rings is 1. The molecule has 3 rings (SSSR count). The maximum Gasteiger partial charge on any atom is 0.418 e. The normalized spacial score (nSPS) is 16.2. The van der Waals surface area contributed by atoms with E-state index in [1.807, 2.05) is 23.1 Å². The summed E-state index contributed by atoms with van der Waals surface area (Å²) < 4.78 is 40.2. The maximum atomic E-state index is 13.4. The highest BCUT2D eigenvalue weighted by atomic mass is 35.5. The van der Waals surface area contributed by atoms with Gasteiger partial charge in [0.1, 0.15) is 0 Å². The highest BCUT2D eigenvalue weighted by Gasteiger charge is 2.35. The van der Waals surface area contributed by atoms with E-state index in [1.165, 1.54) is 11.6 Å². The van der Waals surface area contributed by atoms with Crippen LogP contribution in [0.5, 0.6) is 0 Å². The number of benzene rings is 2. The summed E-state index contributed by atoms with van der Waals surface area (Å²) in [5.41, 5.74) is 1.36. The van der Waals surface area contributed by atoms with Gasteiger partial charge in [-0.3, -0.25) is 4.90 Å². The number of hydrogen-bond donors (Lipinski definition) is 0. The average molecular weight is 369 g/mol. The van der Waals surface area contributed by atoms with Gasteiger partial charge in [-0.15, -0.1) is 11.6 Å². The number of rotatable bonds is 4. The van der Waals surface area contributed by atoms with E-state index in [2.05, 4.69) is 17.0 Å². The first-order valence-electron chi connectivity index (χ1n) is 8.24. The minimum absolute atomic E-state index is 0.0776.